The van der Waals surface area contributed by atoms with Gasteiger partial charge in [0, 0.05) is 5.56 Å². The molecular weight excluding hydrogens is 316 g/mol. The normalized spacial score (nSPS) is 10.2. The molecule has 3 rings (SSSR count). The molecule has 0 aliphatic carbocycles. The van der Waals surface area contributed by atoms with Crippen LogP contribution >= 0.6 is 12.2 Å². The maximum atomic E-state index is 12.4. The molecule has 3 aromatic rings. The summed E-state index contributed by atoms with van der Waals surface area (Å²) in [5.41, 5.74) is 9.91. The standard InChI is InChI=1S/C20H16N2OS/c21-20(24)22-19(23)17-12-11-16(14-7-3-1-4-8-14)13-18(17)15-9-5-2-6-10-15/h1-13H,(H3,21,22,23,24). The molecule has 0 unspecified atom stereocenters. The Morgan fingerprint density at radius 3 is 1.96 bits per heavy atom. The number of hydrogen-bond acceptors (Lipinski definition) is 2. The lowest BCUT2D eigenvalue weighted by molar-refractivity contribution is 0.0978. The maximum absolute atomic E-state index is 12.4. The number of nitrogens with one attached hydrogen (secondary N) is 1. The van der Waals surface area contributed by atoms with Crippen LogP contribution in [0.15, 0.2) is 78.9 Å². The van der Waals surface area contributed by atoms with Gasteiger partial charge in [-0.3, -0.25) is 10.1 Å². The molecule has 3 nitrogen and oxygen atoms in total. The van der Waals surface area contributed by atoms with Gasteiger partial charge in [0.05, 0.1) is 0 Å². The number of carbonyl (C=O) groups is 1. The summed E-state index contributed by atoms with van der Waals surface area (Å²) in [7, 11) is 0. The molecule has 0 spiro atoms. The summed E-state index contributed by atoms with van der Waals surface area (Å²) in [6.07, 6.45) is 0. The third kappa shape index (κ3) is 3.50. The zero-order valence-electron chi connectivity index (χ0n) is 12.9. The van der Waals surface area contributed by atoms with Crippen LogP contribution in [0.1, 0.15) is 10.4 Å². The third-order valence-electron chi connectivity index (χ3n) is 3.69. The number of carbonyl (C=O) groups excluding carboxylic acids is 1. The Balaban J connectivity index is 2.13. The molecule has 118 valence electrons. The average molecular weight is 332 g/mol. The van der Waals surface area contributed by atoms with Crippen molar-refractivity contribution in [2.24, 2.45) is 5.73 Å². The SMILES string of the molecule is NC(=S)NC(=O)c1ccc(-c2ccccc2)cc1-c1ccccc1. The van der Waals surface area contributed by atoms with E-state index in [-0.39, 0.29) is 11.0 Å². The summed E-state index contributed by atoms with van der Waals surface area (Å²) in [4.78, 5) is 12.4. The van der Waals surface area contributed by atoms with E-state index in [4.69, 9.17) is 18.0 Å². The largest absolute Gasteiger partial charge is 0.376 e. The van der Waals surface area contributed by atoms with Crippen LogP contribution in [-0.4, -0.2) is 11.0 Å². The van der Waals surface area contributed by atoms with Crippen molar-refractivity contribution in [2.45, 2.75) is 0 Å². The maximum Gasteiger partial charge on any atom is 0.258 e. The molecule has 0 aromatic heterocycles. The van der Waals surface area contributed by atoms with Gasteiger partial charge >= 0.3 is 0 Å². The second-order valence-electron chi connectivity index (χ2n) is 5.31. The lowest BCUT2D eigenvalue weighted by Gasteiger charge is -2.12. The Kier molecular flexibility index (Phi) is 4.68. The van der Waals surface area contributed by atoms with Gasteiger partial charge in [0.1, 0.15) is 0 Å². The lowest BCUT2D eigenvalue weighted by Crippen LogP contribution is -2.35. The van der Waals surface area contributed by atoms with Crippen molar-refractivity contribution in [1.29, 1.82) is 0 Å². The summed E-state index contributed by atoms with van der Waals surface area (Å²) in [6, 6.07) is 25.6. The van der Waals surface area contributed by atoms with E-state index in [1.165, 1.54) is 0 Å². The molecule has 24 heavy (non-hydrogen) atoms. The number of nitrogens with two attached hydrogens (primary N) is 1. The predicted octanol–water partition coefficient (Wildman–Crippen LogP) is 3.99. The van der Waals surface area contributed by atoms with Gasteiger partial charge in [-0.2, -0.15) is 0 Å². The fraction of sp³-hybridized carbons (Fsp3) is 0. The number of benzene rings is 3. The Hall–Kier alpha value is -2.98. The van der Waals surface area contributed by atoms with Crippen molar-refractivity contribution >= 4 is 23.2 Å². The molecule has 1 amide bonds. The van der Waals surface area contributed by atoms with E-state index in [0.717, 1.165) is 22.3 Å². The lowest BCUT2D eigenvalue weighted by atomic mass is 9.94. The first-order chi connectivity index (χ1) is 11.6. The number of thiocarbonyl (C=S) groups is 1. The van der Waals surface area contributed by atoms with Crippen molar-refractivity contribution in [3.05, 3.63) is 84.4 Å². The monoisotopic (exact) mass is 332 g/mol. The van der Waals surface area contributed by atoms with E-state index in [0.29, 0.717) is 5.56 Å². The second kappa shape index (κ2) is 7.06. The van der Waals surface area contributed by atoms with Gasteiger partial charge < -0.3 is 5.73 Å². The van der Waals surface area contributed by atoms with Crippen LogP contribution < -0.4 is 11.1 Å². The summed E-state index contributed by atoms with van der Waals surface area (Å²) in [6.45, 7) is 0. The molecular formula is C20H16N2OS. The molecule has 4 heteroatoms. The van der Waals surface area contributed by atoms with Gasteiger partial charge in [0.2, 0.25) is 0 Å². The van der Waals surface area contributed by atoms with Gasteiger partial charge in [-0.15, -0.1) is 0 Å². The summed E-state index contributed by atoms with van der Waals surface area (Å²) in [5, 5.41) is 2.46. The second-order valence-corrected chi connectivity index (χ2v) is 5.75. The molecule has 0 saturated heterocycles. The fourth-order valence-corrected chi connectivity index (χ4v) is 2.68. The number of rotatable bonds is 3. The highest BCUT2D eigenvalue weighted by Crippen LogP contribution is 2.29. The van der Waals surface area contributed by atoms with Crippen LogP contribution in [0.4, 0.5) is 0 Å². The molecule has 0 aliphatic rings. The van der Waals surface area contributed by atoms with Gasteiger partial charge in [0.15, 0.2) is 5.11 Å². The van der Waals surface area contributed by atoms with Gasteiger partial charge in [0.25, 0.3) is 5.91 Å². The number of amides is 1. The minimum atomic E-state index is -0.305. The Morgan fingerprint density at radius 1 is 0.792 bits per heavy atom. The first kappa shape index (κ1) is 15.9. The van der Waals surface area contributed by atoms with Crippen LogP contribution in [-0.2, 0) is 0 Å². The molecule has 0 aliphatic heterocycles. The highest BCUT2D eigenvalue weighted by molar-refractivity contribution is 7.80. The first-order valence-electron chi connectivity index (χ1n) is 7.51. The van der Waals surface area contributed by atoms with E-state index in [2.05, 4.69) is 5.32 Å². The molecule has 0 radical (unpaired) electrons. The highest BCUT2D eigenvalue weighted by atomic mass is 32.1. The fourth-order valence-electron chi connectivity index (χ4n) is 2.59. The van der Waals surface area contributed by atoms with Crippen molar-refractivity contribution < 1.29 is 4.79 Å². The molecule has 3 aromatic carbocycles. The quantitative estimate of drug-likeness (QED) is 0.713. The van der Waals surface area contributed by atoms with Crippen LogP contribution in [0, 0.1) is 0 Å². The minimum absolute atomic E-state index is 0.0360. The van der Waals surface area contributed by atoms with E-state index >= 15 is 0 Å². The summed E-state index contributed by atoms with van der Waals surface area (Å²) < 4.78 is 0. The third-order valence-corrected chi connectivity index (χ3v) is 3.79. The van der Waals surface area contributed by atoms with E-state index in [1.807, 2.05) is 72.8 Å². The molecule has 0 bridgehead atoms. The van der Waals surface area contributed by atoms with E-state index in [1.54, 1.807) is 6.07 Å². The Morgan fingerprint density at radius 2 is 1.38 bits per heavy atom. The molecule has 0 saturated carbocycles. The zero-order chi connectivity index (χ0) is 16.9. The minimum Gasteiger partial charge on any atom is -0.376 e. The van der Waals surface area contributed by atoms with Crippen LogP contribution in [0.3, 0.4) is 0 Å². The summed E-state index contributed by atoms with van der Waals surface area (Å²) >= 11 is 4.78. The Bertz CT molecular complexity index is 877. The molecule has 0 atom stereocenters. The zero-order valence-corrected chi connectivity index (χ0v) is 13.7. The van der Waals surface area contributed by atoms with Crippen LogP contribution in [0.5, 0.6) is 0 Å². The van der Waals surface area contributed by atoms with Crippen molar-refractivity contribution in [1.82, 2.24) is 5.32 Å². The topological polar surface area (TPSA) is 55.1 Å². The average Bonchev–Trinajstić information content (AvgIpc) is 2.62. The van der Waals surface area contributed by atoms with Crippen molar-refractivity contribution in [2.75, 3.05) is 0 Å². The van der Waals surface area contributed by atoms with Gasteiger partial charge in [-0.05, 0) is 46.6 Å². The van der Waals surface area contributed by atoms with Crippen LogP contribution in [0.2, 0.25) is 0 Å². The van der Waals surface area contributed by atoms with E-state index < -0.39 is 0 Å². The van der Waals surface area contributed by atoms with Crippen molar-refractivity contribution in [3.8, 4) is 22.3 Å². The smallest absolute Gasteiger partial charge is 0.258 e. The predicted molar refractivity (Wildman–Crippen MR) is 102 cm³/mol. The highest BCUT2D eigenvalue weighted by Gasteiger charge is 2.14. The molecule has 3 N–H and O–H groups in total. The van der Waals surface area contributed by atoms with Crippen molar-refractivity contribution in [3.63, 3.8) is 0 Å². The van der Waals surface area contributed by atoms with Crippen LogP contribution in [0.25, 0.3) is 22.3 Å². The summed E-state index contributed by atoms with van der Waals surface area (Å²) in [5.74, 6) is -0.305. The molecule has 0 fully saturated rings. The van der Waals surface area contributed by atoms with Gasteiger partial charge in [-0.25, -0.2) is 0 Å². The molecule has 0 heterocycles. The Labute approximate surface area is 146 Å². The first-order valence-corrected chi connectivity index (χ1v) is 7.91. The van der Waals surface area contributed by atoms with E-state index in [9.17, 15) is 4.79 Å². The number of hydrogen-bond donors (Lipinski definition) is 2. The van der Waals surface area contributed by atoms with Gasteiger partial charge in [-0.1, -0.05) is 66.7 Å².